The second-order valence-corrected chi connectivity index (χ2v) is 3.54. The van der Waals surface area contributed by atoms with E-state index in [4.69, 9.17) is 9.47 Å². The number of hydrogen-bond donors (Lipinski definition) is 0. The SMILES string of the molecule is CC.COc1c(C)cc(COC(C)=O)cc1C. The maximum Gasteiger partial charge on any atom is 0.302 e. The van der Waals surface area contributed by atoms with Crippen LogP contribution in [0.2, 0.25) is 0 Å². The molecule has 0 aliphatic heterocycles. The van der Waals surface area contributed by atoms with Gasteiger partial charge in [0.1, 0.15) is 12.4 Å². The molecule has 0 atom stereocenters. The van der Waals surface area contributed by atoms with E-state index in [1.165, 1.54) is 6.92 Å². The third kappa shape index (κ3) is 4.89. The zero-order chi connectivity index (χ0) is 13.4. The van der Waals surface area contributed by atoms with Crippen LogP contribution in [0.5, 0.6) is 5.75 Å². The number of esters is 1. The normalized spacial score (nSPS) is 9.06. The summed E-state index contributed by atoms with van der Waals surface area (Å²) in [4.78, 5) is 10.7. The Morgan fingerprint density at radius 2 is 1.65 bits per heavy atom. The number of hydrogen-bond acceptors (Lipinski definition) is 3. The maximum absolute atomic E-state index is 10.7. The Hall–Kier alpha value is -1.51. The molecule has 0 saturated carbocycles. The first-order valence-corrected chi connectivity index (χ1v) is 5.82. The average Bonchev–Trinajstić information content (AvgIpc) is 2.29. The summed E-state index contributed by atoms with van der Waals surface area (Å²) in [5, 5.41) is 0. The van der Waals surface area contributed by atoms with Gasteiger partial charge in [-0.15, -0.1) is 0 Å². The molecule has 3 nitrogen and oxygen atoms in total. The van der Waals surface area contributed by atoms with Gasteiger partial charge in [0.15, 0.2) is 0 Å². The van der Waals surface area contributed by atoms with Crippen LogP contribution in [0, 0.1) is 13.8 Å². The smallest absolute Gasteiger partial charge is 0.302 e. The van der Waals surface area contributed by atoms with Crippen LogP contribution in [0.3, 0.4) is 0 Å². The van der Waals surface area contributed by atoms with E-state index in [1.54, 1.807) is 7.11 Å². The summed E-state index contributed by atoms with van der Waals surface area (Å²) in [5.74, 6) is 0.627. The third-order valence-corrected chi connectivity index (χ3v) is 2.17. The summed E-state index contributed by atoms with van der Waals surface area (Å²) in [7, 11) is 1.65. The first-order chi connectivity index (χ1) is 8.04. The molecule has 0 heterocycles. The molecule has 0 fully saturated rings. The highest BCUT2D eigenvalue weighted by Gasteiger charge is 2.05. The van der Waals surface area contributed by atoms with Crippen molar-refractivity contribution >= 4 is 5.97 Å². The predicted octanol–water partition coefficient (Wildman–Crippen LogP) is 3.40. The Bertz CT molecular complexity index is 347. The topological polar surface area (TPSA) is 35.5 Å². The van der Waals surface area contributed by atoms with Gasteiger partial charge in [-0.05, 0) is 42.7 Å². The Morgan fingerprint density at radius 3 is 2.00 bits per heavy atom. The highest BCUT2D eigenvalue weighted by atomic mass is 16.5. The van der Waals surface area contributed by atoms with E-state index in [-0.39, 0.29) is 5.97 Å². The monoisotopic (exact) mass is 238 g/mol. The van der Waals surface area contributed by atoms with Gasteiger partial charge in [0.25, 0.3) is 0 Å². The second kappa shape index (κ2) is 7.71. The molecule has 0 unspecified atom stereocenters. The van der Waals surface area contributed by atoms with Gasteiger partial charge < -0.3 is 9.47 Å². The predicted molar refractivity (Wildman–Crippen MR) is 69.3 cm³/mol. The molecular formula is C14H22O3. The highest BCUT2D eigenvalue weighted by Crippen LogP contribution is 2.24. The van der Waals surface area contributed by atoms with Crippen LogP contribution in [0.1, 0.15) is 37.5 Å². The molecule has 0 amide bonds. The molecule has 0 aromatic heterocycles. The molecule has 0 saturated heterocycles. The van der Waals surface area contributed by atoms with Crippen LogP contribution in [-0.2, 0) is 16.1 Å². The lowest BCUT2D eigenvalue weighted by Gasteiger charge is -2.11. The lowest BCUT2D eigenvalue weighted by molar-refractivity contribution is -0.142. The van der Waals surface area contributed by atoms with Gasteiger partial charge in [0.05, 0.1) is 7.11 Å². The van der Waals surface area contributed by atoms with Crippen molar-refractivity contribution in [2.75, 3.05) is 7.11 Å². The number of methoxy groups -OCH3 is 1. The van der Waals surface area contributed by atoms with Crippen LogP contribution in [0.15, 0.2) is 12.1 Å². The van der Waals surface area contributed by atoms with Crippen molar-refractivity contribution in [3.8, 4) is 5.75 Å². The van der Waals surface area contributed by atoms with Crippen molar-refractivity contribution in [1.29, 1.82) is 0 Å². The fourth-order valence-electron chi connectivity index (χ4n) is 1.63. The average molecular weight is 238 g/mol. The molecule has 3 heteroatoms. The highest BCUT2D eigenvalue weighted by molar-refractivity contribution is 5.66. The van der Waals surface area contributed by atoms with E-state index in [0.29, 0.717) is 6.61 Å². The summed E-state index contributed by atoms with van der Waals surface area (Å²) in [6.07, 6.45) is 0. The van der Waals surface area contributed by atoms with Crippen molar-refractivity contribution in [2.24, 2.45) is 0 Å². The molecule has 1 aromatic carbocycles. The molecule has 0 aliphatic carbocycles. The van der Waals surface area contributed by atoms with Crippen LogP contribution >= 0.6 is 0 Å². The minimum Gasteiger partial charge on any atom is -0.496 e. The van der Waals surface area contributed by atoms with Gasteiger partial charge in [0, 0.05) is 6.92 Å². The first kappa shape index (κ1) is 15.5. The van der Waals surface area contributed by atoms with Gasteiger partial charge in [0.2, 0.25) is 0 Å². The van der Waals surface area contributed by atoms with Gasteiger partial charge in [-0.2, -0.15) is 0 Å². The molecule has 1 rings (SSSR count). The van der Waals surface area contributed by atoms with Crippen molar-refractivity contribution in [2.45, 2.75) is 41.2 Å². The number of carbonyl (C=O) groups is 1. The fraction of sp³-hybridized carbons (Fsp3) is 0.500. The molecule has 0 aliphatic rings. The third-order valence-electron chi connectivity index (χ3n) is 2.17. The van der Waals surface area contributed by atoms with Crippen LogP contribution in [0.4, 0.5) is 0 Å². The molecule has 96 valence electrons. The molecular weight excluding hydrogens is 216 g/mol. The van der Waals surface area contributed by atoms with Crippen molar-refractivity contribution in [3.05, 3.63) is 28.8 Å². The van der Waals surface area contributed by atoms with Crippen LogP contribution in [0.25, 0.3) is 0 Å². The summed E-state index contributed by atoms with van der Waals surface area (Å²) >= 11 is 0. The molecule has 1 aromatic rings. The van der Waals surface area contributed by atoms with Gasteiger partial charge in [-0.3, -0.25) is 4.79 Å². The Balaban J connectivity index is 0.00000121. The van der Waals surface area contributed by atoms with Crippen molar-refractivity contribution in [3.63, 3.8) is 0 Å². The molecule has 0 spiro atoms. The van der Waals surface area contributed by atoms with Gasteiger partial charge in [-0.25, -0.2) is 0 Å². The Labute approximate surface area is 104 Å². The minimum atomic E-state index is -0.263. The zero-order valence-corrected chi connectivity index (χ0v) is 11.6. The number of ether oxygens (including phenoxy) is 2. The van der Waals surface area contributed by atoms with Crippen molar-refractivity contribution in [1.82, 2.24) is 0 Å². The van der Waals surface area contributed by atoms with E-state index in [2.05, 4.69) is 0 Å². The van der Waals surface area contributed by atoms with E-state index in [9.17, 15) is 4.79 Å². The summed E-state index contributed by atoms with van der Waals surface area (Å²) in [5.41, 5.74) is 3.10. The number of aryl methyl sites for hydroxylation is 2. The Morgan fingerprint density at radius 1 is 1.18 bits per heavy atom. The maximum atomic E-state index is 10.7. The van der Waals surface area contributed by atoms with E-state index in [0.717, 1.165) is 22.4 Å². The Kier molecular flexibility index (Phi) is 7.03. The van der Waals surface area contributed by atoms with Gasteiger partial charge >= 0.3 is 5.97 Å². The molecule has 0 bridgehead atoms. The summed E-state index contributed by atoms with van der Waals surface area (Å²) in [6, 6.07) is 3.93. The van der Waals surface area contributed by atoms with Crippen LogP contribution in [-0.4, -0.2) is 13.1 Å². The zero-order valence-electron chi connectivity index (χ0n) is 11.6. The summed E-state index contributed by atoms with van der Waals surface area (Å²) < 4.78 is 10.2. The molecule has 0 radical (unpaired) electrons. The minimum absolute atomic E-state index is 0.263. The molecule has 17 heavy (non-hydrogen) atoms. The van der Waals surface area contributed by atoms with E-state index in [1.807, 2.05) is 39.8 Å². The largest absolute Gasteiger partial charge is 0.496 e. The van der Waals surface area contributed by atoms with Crippen molar-refractivity contribution < 1.29 is 14.3 Å². The number of benzene rings is 1. The fourth-order valence-corrected chi connectivity index (χ4v) is 1.63. The van der Waals surface area contributed by atoms with E-state index >= 15 is 0 Å². The quantitative estimate of drug-likeness (QED) is 0.757. The summed E-state index contributed by atoms with van der Waals surface area (Å²) in [6.45, 7) is 9.68. The lowest BCUT2D eigenvalue weighted by atomic mass is 10.1. The van der Waals surface area contributed by atoms with Gasteiger partial charge in [-0.1, -0.05) is 13.8 Å². The second-order valence-electron chi connectivity index (χ2n) is 3.54. The van der Waals surface area contributed by atoms with E-state index < -0.39 is 0 Å². The number of rotatable bonds is 3. The first-order valence-electron chi connectivity index (χ1n) is 5.82. The standard InChI is InChI=1S/C12H16O3.C2H6/c1-8-5-11(7-15-10(3)13)6-9(2)12(8)14-4;1-2/h5-6H,7H2,1-4H3;1-2H3. The van der Waals surface area contributed by atoms with Crippen LogP contribution < -0.4 is 4.74 Å². The number of carbonyl (C=O) groups excluding carboxylic acids is 1. The molecule has 0 N–H and O–H groups in total. The lowest BCUT2D eigenvalue weighted by Crippen LogP contribution is -2.00.